The van der Waals surface area contributed by atoms with Crippen molar-refractivity contribution in [2.45, 2.75) is 6.92 Å². The summed E-state index contributed by atoms with van der Waals surface area (Å²) in [6.45, 7) is 1.51. The quantitative estimate of drug-likeness (QED) is 0.586. The molecule has 4 heteroatoms. The minimum Gasteiger partial charge on any atom is -0.366 e. The first-order valence-electron chi connectivity index (χ1n) is 3.66. The van der Waals surface area contributed by atoms with Crippen LogP contribution in [0, 0.1) is 0 Å². The zero-order valence-corrected chi connectivity index (χ0v) is 7.93. The number of primary amides is 1. The van der Waals surface area contributed by atoms with Gasteiger partial charge in [0.15, 0.2) is 5.78 Å². The van der Waals surface area contributed by atoms with Crippen LogP contribution < -0.4 is 5.73 Å². The topological polar surface area (TPSA) is 60.2 Å². The van der Waals surface area contributed by atoms with Crippen LogP contribution in [0.25, 0.3) is 6.08 Å². The van der Waals surface area contributed by atoms with Gasteiger partial charge in [0, 0.05) is 6.08 Å². The van der Waals surface area contributed by atoms with E-state index in [1.165, 1.54) is 24.3 Å². The van der Waals surface area contributed by atoms with Gasteiger partial charge in [-0.2, -0.15) is 0 Å². The van der Waals surface area contributed by atoms with Crippen molar-refractivity contribution in [3.63, 3.8) is 0 Å². The Balaban J connectivity index is 2.80. The van der Waals surface area contributed by atoms with Crippen LogP contribution in [-0.2, 0) is 4.79 Å². The highest BCUT2D eigenvalue weighted by Crippen LogP contribution is 2.16. The monoisotopic (exact) mass is 195 g/mol. The molecule has 3 nitrogen and oxygen atoms in total. The molecule has 0 atom stereocenters. The standard InChI is InChI=1S/C9H9NO2S/c1-6(11)8-4-7(5-13-8)2-3-9(10)12/h2-5H,1H3,(H2,10,12). The maximum Gasteiger partial charge on any atom is 0.241 e. The molecule has 1 heterocycles. The van der Waals surface area contributed by atoms with Crippen LogP contribution in [0.15, 0.2) is 17.5 Å². The van der Waals surface area contributed by atoms with Crippen LogP contribution >= 0.6 is 11.3 Å². The number of hydrogen-bond donors (Lipinski definition) is 1. The van der Waals surface area contributed by atoms with Crippen LogP contribution in [0.4, 0.5) is 0 Å². The van der Waals surface area contributed by atoms with Crippen molar-refractivity contribution in [3.8, 4) is 0 Å². The Morgan fingerprint density at radius 2 is 2.23 bits per heavy atom. The van der Waals surface area contributed by atoms with Gasteiger partial charge in [-0.1, -0.05) is 0 Å². The lowest BCUT2D eigenvalue weighted by molar-refractivity contribution is -0.113. The normalized spacial score (nSPS) is 10.5. The van der Waals surface area contributed by atoms with Gasteiger partial charge in [0.25, 0.3) is 0 Å². The van der Waals surface area contributed by atoms with E-state index in [1.807, 2.05) is 0 Å². The maximum absolute atomic E-state index is 10.9. The van der Waals surface area contributed by atoms with Crippen LogP contribution in [0.3, 0.4) is 0 Å². The summed E-state index contributed by atoms with van der Waals surface area (Å²) in [5.74, 6) is -0.459. The van der Waals surface area contributed by atoms with Gasteiger partial charge in [-0.25, -0.2) is 0 Å². The van der Waals surface area contributed by atoms with E-state index >= 15 is 0 Å². The average molecular weight is 195 g/mol. The molecule has 1 rings (SSSR count). The molecule has 0 aliphatic heterocycles. The number of carbonyl (C=O) groups is 2. The van der Waals surface area contributed by atoms with Crippen molar-refractivity contribution >= 4 is 29.1 Å². The van der Waals surface area contributed by atoms with E-state index < -0.39 is 5.91 Å². The van der Waals surface area contributed by atoms with Crippen molar-refractivity contribution in [1.29, 1.82) is 0 Å². The Hall–Kier alpha value is -1.42. The van der Waals surface area contributed by atoms with Crippen molar-refractivity contribution in [1.82, 2.24) is 0 Å². The van der Waals surface area contributed by atoms with Crippen molar-refractivity contribution in [3.05, 3.63) is 28.0 Å². The van der Waals surface area contributed by atoms with Crippen LogP contribution in [-0.4, -0.2) is 11.7 Å². The Kier molecular flexibility index (Phi) is 2.97. The fourth-order valence-corrected chi connectivity index (χ4v) is 1.58. The van der Waals surface area contributed by atoms with Gasteiger partial charge in [-0.05, 0) is 30.0 Å². The van der Waals surface area contributed by atoms with Gasteiger partial charge in [-0.15, -0.1) is 11.3 Å². The van der Waals surface area contributed by atoms with E-state index in [0.717, 1.165) is 5.56 Å². The molecule has 0 unspecified atom stereocenters. The second kappa shape index (κ2) is 4.00. The molecule has 1 aromatic heterocycles. The summed E-state index contributed by atoms with van der Waals surface area (Å²) >= 11 is 1.36. The minimum atomic E-state index is -0.490. The molecular weight excluding hydrogens is 186 g/mol. The number of rotatable bonds is 3. The molecule has 2 N–H and O–H groups in total. The van der Waals surface area contributed by atoms with Crippen LogP contribution in [0.2, 0.25) is 0 Å². The second-order valence-electron chi connectivity index (χ2n) is 2.54. The Morgan fingerprint density at radius 1 is 1.54 bits per heavy atom. The van der Waals surface area contributed by atoms with E-state index in [1.54, 1.807) is 17.5 Å². The number of carbonyl (C=O) groups excluding carboxylic acids is 2. The third-order valence-corrected chi connectivity index (χ3v) is 2.46. The smallest absolute Gasteiger partial charge is 0.241 e. The Bertz CT molecular complexity index is 365. The van der Waals surface area contributed by atoms with E-state index in [0.29, 0.717) is 4.88 Å². The lowest BCUT2D eigenvalue weighted by Crippen LogP contribution is -2.04. The van der Waals surface area contributed by atoms with Crippen LogP contribution in [0.5, 0.6) is 0 Å². The fraction of sp³-hybridized carbons (Fsp3) is 0.111. The Morgan fingerprint density at radius 3 is 2.69 bits per heavy atom. The summed E-state index contributed by atoms with van der Waals surface area (Å²) in [5.41, 5.74) is 5.75. The lowest BCUT2D eigenvalue weighted by Gasteiger charge is -1.83. The molecule has 0 saturated heterocycles. The SMILES string of the molecule is CC(=O)c1cc(C=CC(N)=O)cs1. The van der Waals surface area contributed by atoms with Gasteiger partial charge < -0.3 is 5.73 Å². The van der Waals surface area contributed by atoms with Crippen molar-refractivity contribution in [2.24, 2.45) is 5.73 Å². The lowest BCUT2D eigenvalue weighted by atomic mass is 10.2. The third kappa shape index (κ3) is 2.83. The molecule has 0 saturated carbocycles. The summed E-state index contributed by atoms with van der Waals surface area (Å²) in [4.78, 5) is 22.0. The summed E-state index contributed by atoms with van der Waals surface area (Å²) in [6, 6.07) is 1.73. The zero-order valence-electron chi connectivity index (χ0n) is 7.11. The Labute approximate surface area is 79.9 Å². The number of nitrogens with two attached hydrogens (primary N) is 1. The highest BCUT2D eigenvalue weighted by Gasteiger charge is 2.01. The first-order chi connectivity index (χ1) is 6.09. The van der Waals surface area contributed by atoms with Crippen LogP contribution in [0.1, 0.15) is 22.2 Å². The molecule has 0 bridgehead atoms. The van der Waals surface area contributed by atoms with Gasteiger partial charge in [0.05, 0.1) is 4.88 Å². The third-order valence-electron chi connectivity index (χ3n) is 1.41. The fourth-order valence-electron chi connectivity index (χ4n) is 0.801. The zero-order chi connectivity index (χ0) is 9.84. The number of Topliss-reactive ketones (excluding diaryl/α,β-unsaturated/α-hetero) is 1. The number of hydrogen-bond acceptors (Lipinski definition) is 3. The summed E-state index contributed by atoms with van der Waals surface area (Å²) < 4.78 is 0. The number of thiophene rings is 1. The molecule has 0 radical (unpaired) electrons. The highest BCUT2D eigenvalue weighted by molar-refractivity contribution is 7.12. The molecule has 13 heavy (non-hydrogen) atoms. The molecule has 0 aliphatic carbocycles. The van der Waals surface area contributed by atoms with Crippen molar-refractivity contribution < 1.29 is 9.59 Å². The summed E-state index contributed by atoms with van der Waals surface area (Å²) in [5, 5.41) is 1.80. The van der Waals surface area contributed by atoms with Gasteiger partial charge in [0.1, 0.15) is 0 Å². The second-order valence-corrected chi connectivity index (χ2v) is 3.45. The molecule has 1 aromatic rings. The summed E-state index contributed by atoms with van der Waals surface area (Å²) in [6.07, 6.45) is 2.86. The number of amides is 1. The van der Waals surface area contributed by atoms with Gasteiger partial charge >= 0.3 is 0 Å². The highest BCUT2D eigenvalue weighted by atomic mass is 32.1. The molecule has 0 fully saturated rings. The van der Waals surface area contributed by atoms with E-state index in [9.17, 15) is 9.59 Å². The number of ketones is 1. The predicted molar refractivity (Wildman–Crippen MR) is 52.6 cm³/mol. The van der Waals surface area contributed by atoms with E-state index in [2.05, 4.69) is 0 Å². The molecule has 1 amide bonds. The van der Waals surface area contributed by atoms with Gasteiger partial charge in [0.2, 0.25) is 5.91 Å². The molecule has 0 spiro atoms. The molecule has 0 aliphatic rings. The predicted octanol–water partition coefficient (Wildman–Crippen LogP) is 1.45. The van der Waals surface area contributed by atoms with Gasteiger partial charge in [-0.3, -0.25) is 9.59 Å². The van der Waals surface area contributed by atoms with Crippen molar-refractivity contribution in [2.75, 3.05) is 0 Å². The largest absolute Gasteiger partial charge is 0.366 e. The van der Waals surface area contributed by atoms with E-state index in [-0.39, 0.29) is 5.78 Å². The first kappa shape index (κ1) is 9.67. The molecule has 0 aromatic carbocycles. The maximum atomic E-state index is 10.9. The average Bonchev–Trinajstić information content (AvgIpc) is 2.48. The molecular formula is C9H9NO2S. The minimum absolute atomic E-state index is 0.0312. The van der Waals surface area contributed by atoms with E-state index in [4.69, 9.17) is 5.73 Å². The summed E-state index contributed by atoms with van der Waals surface area (Å²) in [7, 11) is 0. The first-order valence-corrected chi connectivity index (χ1v) is 4.54. The molecule has 68 valence electrons.